The van der Waals surface area contributed by atoms with Gasteiger partial charge >= 0.3 is 6.03 Å². The molecule has 0 bridgehead atoms. The molecule has 5 nitrogen and oxygen atoms in total. The number of urea groups is 1. The van der Waals surface area contributed by atoms with Gasteiger partial charge in [0.2, 0.25) is 0 Å². The third kappa shape index (κ3) is 3.42. The van der Waals surface area contributed by atoms with Crippen molar-refractivity contribution in [2.75, 3.05) is 13.2 Å². The monoisotopic (exact) mass is 395 g/mol. The Bertz CT molecular complexity index is 695. The van der Waals surface area contributed by atoms with E-state index in [2.05, 4.69) is 25.7 Å². The molecule has 3 amide bonds. The summed E-state index contributed by atoms with van der Waals surface area (Å²) in [5.74, 6) is 0.216. The van der Waals surface area contributed by atoms with Crippen molar-refractivity contribution in [2.45, 2.75) is 45.2 Å². The van der Waals surface area contributed by atoms with Gasteiger partial charge in [0.1, 0.15) is 5.54 Å². The van der Waals surface area contributed by atoms with Crippen LogP contribution < -0.4 is 5.32 Å². The largest absolute Gasteiger partial charge is 0.326 e. The molecule has 0 radical (unpaired) electrons. The normalized spacial score (nSPS) is 25.2. The molecule has 2 atom stereocenters. The summed E-state index contributed by atoms with van der Waals surface area (Å²) in [6.07, 6.45) is 4.83. The van der Waals surface area contributed by atoms with E-state index < -0.39 is 5.54 Å². The van der Waals surface area contributed by atoms with E-state index in [4.69, 9.17) is 11.6 Å². The van der Waals surface area contributed by atoms with Crippen molar-refractivity contribution in [1.82, 2.24) is 15.1 Å². The molecule has 2 fully saturated rings. The Morgan fingerprint density at radius 2 is 2.08 bits per heavy atom. The van der Waals surface area contributed by atoms with Gasteiger partial charge in [0.15, 0.2) is 0 Å². The summed E-state index contributed by atoms with van der Waals surface area (Å²) in [7, 11) is 0. The molecular weight excluding hydrogens is 370 g/mol. The average molecular weight is 396 g/mol. The maximum Gasteiger partial charge on any atom is 0.326 e. The number of nitrogens with one attached hydrogen (secondary N) is 1. The van der Waals surface area contributed by atoms with E-state index in [-0.39, 0.29) is 30.4 Å². The van der Waals surface area contributed by atoms with Crippen LogP contribution in [0, 0.1) is 11.8 Å². The lowest BCUT2D eigenvalue weighted by molar-refractivity contribution is -0.138. The van der Waals surface area contributed by atoms with Crippen LogP contribution in [0.4, 0.5) is 4.79 Å². The molecule has 7 heteroatoms. The zero-order chi connectivity index (χ0) is 18.9. The number of halogens is 1. The summed E-state index contributed by atoms with van der Waals surface area (Å²) in [4.78, 5) is 30.4. The van der Waals surface area contributed by atoms with Crippen LogP contribution in [0.3, 0.4) is 0 Å². The molecular formula is C19H26ClN3O2S. The minimum absolute atomic E-state index is 0.0829. The van der Waals surface area contributed by atoms with Gasteiger partial charge in [0.25, 0.3) is 5.91 Å². The average Bonchev–Trinajstić information content (AvgIpc) is 3.10. The Balaban J connectivity index is 1.77. The topological polar surface area (TPSA) is 52.6 Å². The van der Waals surface area contributed by atoms with Gasteiger partial charge in [-0.25, -0.2) is 9.69 Å². The predicted octanol–water partition coefficient (Wildman–Crippen LogP) is 4.09. The first-order valence-electron chi connectivity index (χ1n) is 9.10. The van der Waals surface area contributed by atoms with E-state index in [9.17, 15) is 9.59 Å². The minimum atomic E-state index is -0.749. The van der Waals surface area contributed by atoms with Crippen molar-refractivity contribution < 1.29 is 9.59 Å². The van der Waals surface area contributed by atoms with Crippen LogP contribution in [0.1, 0.15) is 38.0 Å². The second-order valence-corrected chi connectivity index (χ2v) is 9.21. The lowest BCUT2D eigenvalue weighted by Gasteiger charge is -2.42. The van der Waals surface area contributed by atoms with E-state index in [0.717, 1.165) is 28.5 Å². The van der Waals surface area contributed by atoms with E-state index >= 15 is 0 Å². The summed E-state index contributed by atoms with van der Waals surface area (Å²) in [5.41, 5.74) is -0.749. The number of rotatable bonds is 6. The maximum atomic E-state index is 13.3. The van der Waals surface area contributed by atoms with Crippen LogP contribution in [0.2, 0.25) is 4.34 Å². The highest BCUT2D eigenvalue weighted by Gasteiger charge is 2.58. The predicted molar refractivity (Wildman–Crippen MR) is 105 cm³/mol. The molecule has 1 aliphatic heterocycles. The molecule has 1 saturated carbocycles. The fourth-order valence-corrected chi connectivity index (χ4v) is 5.42. The first-order chi connectivity index (χ1) is 12.4. The fourth-order valence-electron chi connectivity index (χ4n) is 4.29. The Kier molecular flexibility index (Phi) is 5.75. The van der Waals surface area contributed by atoms with Gasteiger partial charge in [-0.15, -0.1) is 17.9 Å². The highest BCUT2D eigenvalue weighted by molar-refractivity contribution is 7.16. The summed E-state index contributed by atoms with van der Waals surface area (Å²) in [6, 6.07) is 3.55. The van der Waals surface area contributed by atoms with Gasteiger partial charge < -0.3 is 5.32 Å². The molecule has 1 N–H and O–H groups in total. The third-order valence-electron chi connectivity index (χ3n) is 5.72. The molecule has 2 aliphatic rings. The van der Waals surface area contributed by atoms with Crippen LogP contribution in [0.5, 0.6) is 0 Å². The van der Waals surface area contributed by atoms with Crippen molar-refractivity contribution in [3.63, 3.8) is 0 Å². The smallest absolute Gasteiger partial charge is 0.323 e. The SMILES string of the molecule is C=CCN(Cc1ccc(Cl)s1)CN1C(=O)NC2(C1=O)[C@H](C)CCC[C@H]2C. The van der Waals surface area contributed by atoms with E-state index in [1.54, 1.807) is 6.08 Å². The van der Waals surface area contributed by atoms with Crippen molar-refractivity contribution in [3.05, 3.63) is 34.0 Å². The molecule has 0 aromatic carbocycles. The highest BCUT2D eigenvalue weighted by Crippen LogP contribution is 2.42. The second kappa shape index (κ2) is 7.71. The number of imide groups is 1. The number of hydrogen-bond acceptors (Lipinski definition) is 4. The molecule has 0 unspecified atom stereocenters. The summed E-state index contributed by atoms with van der Waals surface area (Å²) >= 11 is 7.53. The summed E-state index contributed by atoms with van der Waals surface area (Å²) in [6.45, 7) is 9.42. The van der Waals surface area contributed by atoms with E-state index in [1.807, 2.05) is 17.0 Å². The summed E-state index contributed by atoms with van der Waals surface area (Å²) < 4.78 is 0.734. The maximum absolute atomic E-state index is 13.3. The van der Waals surface area contributed by atoms with E-state index in [1.165, 1.54) is 16.2 Å². The standard InChI is InChI=1S/C19H26ClN3O2S/c1-4-10-22(11-15-8-9-16(20)26-15)12-23-17(24)19(21-18(23)25)13(2)6-5-7-14(19)3/h4,8-9,13-14H,1,5-7,10-12H2,2-3H3,(H,21,25)/t13-,14-/m1/s1. The van der Waals surface area contributed by atoms with E-state index in [0.29, 0.717) is 13.1 Å². The Morgan fingerprint density at radius 1 is 1.38 bits per heavy atom. The van der Waals surface area contributed by atoms with Crippen LogP contribution in [-0.4, -0.2) is 40.5 Å². The van der Waals surface area contributed by atoms with Gasteiger partial charge in [-0.2, -0.15) is 0 Å². The molecule has 2 heterocycles. The van der Waals surface area contributed by atoms with Gasteiger partial charge in [0, 0.05) is 18.0 Å². The van der Waals surface area contributed by atoms with Crippen molar-refractivity contribution in [1.29, 1.82) is 0 Å². The lowest BCUT2D eigenvalue weighted by Crippen LogP contribution is -2.59. The number of nitrogens with zero attached hydrogens (tertiary/aromatic N) is 2. The van der Waals surface area contributed by atoms with Crippen LogP contribution >= 0.6 is 22.9 Å². The molecule has 1 spiro atoms. The minimum Gasteiger partial charge on any atom is -0.323 e. The Morgan fingerprint density at radius 3 is 2.65 bits per heavy atom. The fraction of sp³-hybridized carbons (Fsp3) is 0.579. The van der Waals surface area contributed by atoms with Gasteiger partial charge in [-0.3, -0.25) is 9.69 Å². The van der Waals surface area contributed by atoms with Crippen LogP contribution in [0.25, 0.3) is 0 Å². The zero-order valence-corrected chi connectivity index (χ0v) is 16.9. The van der Waals surface area contributed by atoms with Gasteiger partial charge in [-0.05, 0) is 36.8 Å². The Labute approximate surface area is 164 Å². The van der Waals surface area contributed by atoms with Crippen LogP contribution in [0.15, 0.2) is 24.8 Å². The number of hydrogen-bond donors (Lipinski definition) is 1. The first kappa shape index (κ1) is 19.4. The molecule has 26 heavy (non-hydrogen) atoms. The molecule has 1 saturated heterocycles. The molecule has 1 aliphatic carbocycles. The number of carbonyl (C=O) groups is 2. The Hall–Kier alpha value is -1.37. The van der Waals surface area contributed by atoms with Crippen molar-refractivity contribution in [3.8, 4) is 0 Å². The molecule has 3 rings (SSSR count). The van der Waals surface area contributed by atoms with Crippen molar-refractivity contribution in [2.24, 2.45) is 11.8 Å². The van der Waals surface area contributed by atoms with Crippen LogP contribution in [-0.2, 0) is 11.3 Å². The molecule has 1 aromatic heterocycles. The number of carbonyl (C=O) groups excluding carboxylic acids is 2. The third-order valence-corrected chi connectivity index (χ3v) is 6.94. The highest BCUT2D eigenvalue weighted by atomic mass is 35.5. The van der Waals surface area contributed by atoms with Crippen molar-refractivity contribution >= 4 is 34.9 Å². The first-order valence-corrected chi connectivity index (χ1v) is 10.3. The molecule has 1 aromatic rings. The summed E-state index contributed by atoms with van der Waals surface area (Å²) in [5, 5.41) is 3.05. The van der Waals surface area contributed by atoms with Gasteiger partial charge in [0.05, 0.1) is 11.0 Å². The zero-order valence-electron chi connectivity index (χ0n) is 15.3. The lowest BCUT2D eigenvalue weighted by atomic mass is 9.67. The quantitative estimate of drug-likeness (QED) is 0.583. The second-order valence-electron chi connectivity index (χ2n) is 7.41. The van der Waals surface area contributed by atoms with Gasteiger partial charge in [-0.1, -0.05) is 37.9 Å². The number of amides is 3. The molecule has 142 valence electrons. The number of thiophene rings is 1.